The van der Waals surface area contributed by atoms with E-state index in [0.717, 1.165) is 6.08 Å². The Morgan fingerprint density at radius 2 is 2.06 bits per heavy atom. The second kappa shape index (κ2) is 10.0. The number of carboxylic acid groups (broad SMARTS) is 1. The van der Waals surface area contributed by atoms with Gasteiger partial charge in [-0.05, 0) is 43.5 Å². The zero-order valence-electron chi connectivity index (χ0n) is 16.2. The average molecular weight is 509 g/mol. The molecule has 0 radical (unpaired) electrons. The number of halogens is 4. The first-order valence-corrected chi connectivity index (χ1v) is 9.72. The number of carbonyl (C=O) groups is 2. The summed E-state index contributed by atoms with van der Waals surface area (Å²) in [5.41, 5.74) is 6.75. The van der Waals surface area contributed by atoms with Gasteiger partial charge in [0.15, 0.2) is 0 Å². The lowest BCUT2D eigenvalue weighted by atomic mass is 9.98. The largest absolute Gasteiger partial charge is 0.480 e. The quantitative estimate of drug-likeness (QED) is 0.164. The summed E-state index contributed by atoms with van der Waals surface area (Å²) in [6.07, 6.45) is -6.40. The Morgan fingerprint density at radius 1 is 1.39 bits per heavy atom. The number of benzene rings is 1. The van der Waals surface area contributed by atoms with Crippen LogP contribution in [0.2, 0.25) is 0 Å². The first kappa shape index (κ1) is 24.5. The molecule has 0 bridgehead atoms. The number of ether oxygens (including phenoxy) is 1. The van der Waals surface area contributed by atoms with E-state index < -0.39 is 35.8 Å². The number of nitrogens with zero attached hydrogens (tertiary/aromatic N) is 1. The second-order valence-electron chi connectivity index (χ2n) is 6.67. The van der Waals surface area contributed by atoms with E-state index in [0.29, 0.717) is 10.0 Å². The number of hydrogen-bond donors (Lipinski definition) is 5. The summed E-state index contributed by atoms with van der Waals surface area (Å²) in [5, 5.41) is 20.0. The van der Waals surface area contributed by atoms with E-state index in [4.69, 9.17) is 15.7 Å². The number of nitrogens with two attached hydrogens (primary N) is 1. The van der Waals surface area contributed by atoms with E-state index in [1.54, 1.807) is 18.5 Å². The lowest BCUT2D eigenvalue weighted by molar-refractivity contribution is -0.185. The summed E-state index contributed by atoms with van der Waals surface area (Å²) in [6, 6.07) is 1.60. The molecule has 0 spiro atoms. The highest BCUT2D eigenvalue weighted by molar-refractivity contribution is 9.10. The number of carboxylic acids is 1. The number of amides is 1. The number of nitrogens with one attached hydrogen (secondary N) is 2. The van der Waals surface area contributed by atoms with Crippen LogP contribution >= 0.6 is 15.9 Å². The Balaban J connectivity index is 2.26. The third kappa shape index (κ3) is 6.34. The number of guanidine groups is 1. The topological polar surface area (TPSA) is 146 Å². The normalized spacial score (nSPS) is 17.2. The van der Waals surface area contributed by atoms with Crippen LogP contribution in [0.15, 0.2) is 27.2 Å². The van der Waals surface area contributed by atoms with E-state index in [1.807, 2.05) is 0 Å². The van der Waals surface area contributed by atoms with Gasteiger partial charge in [0.1, 0.15) is 11.8 Å². The lowest BCUT2D eigenvalue weighted by Gasteiger charge is -2.30. The van der Waals surface area contributed by atoms with E-state index in [1.165, 1.54) is 6.07 Å². The van der Waals surface area contributed by atoms with Crippen molar-refractivity contribution in [3.05, 3.63) is 33.3 Å². The van der Waals surface area contributed by atoms with E-state index in [9.17, 15) is 27.9 Å². The molecule has 9 nitrogen and oxygen atoms in total. The molecule has 2 rings (SSSR count). The molecule has 1 amide bonds. The van der Waals surface area contributed by atoms with Crippen LogP contribution in [0.5, 0.6) is 5.75 Å². The predicted octanol–water partition coefficient (Wildman–Crippen LogP) is 2.11. The molecule has 0 unspecified atom stereocenters. The van der Waals surface area contributed by atoms with Crippen molar-refractivity contribution >= 4 is 39.8 Å². The minimum Gasteiger partial charge on any atom is -0.480 e. The zero-order chi connectivity index (χ0) is 23.3. The molecule has 1 aliphatic heterocycles. The summed E-state index contributed by atoms with van der Waals surface area (Å²) < 4.78 is 46.4. The predicted molar refractivity (Wildman–Crippen MR) is 108 cm³/mol. The monoisotopic (exact) mass is 508 g/mol. The molecule has 0 aliphatic carbocycles. The maximum atomic E-state index is 13.6. The van der Waals surface area contributed by atoms with Crippen LogP contribution in [-0.2, 0) is 9.59 Å². The fraction of sp³-hybridized carbons (Fsp3) is 0.389. The summed E-state index contributed by atoms with van der Waals surface area (Å²) in [7, 11) is 0. The molecule has 0 saturated carbocycles. The molecule has 0 fully saturated rings. The molecular weight excluding hydrogens is 489 g/mol. The van der Waals surface area contributed by atoms with Gasteiger partial charge in [-0.2, -0.15) is 13.2 Å². The number of carbonyl (C=O) groups excluding carboxylic acids is 1. The molecule has 1 aromatic rings. The fourth-order valence-electron chi connectivity index (χ4n) is 2.91. The SMILES string of the molecule is Cc1cc(Br)cc2c1O[C@H](C(F)(F)F)C(C(=O)N[C@@H](CCCN=C(N)NO)C(=O)O)=C2. The van der Waals surface area contributed by atoms with Crippen molar-refractivity contribution in [2.45, 2.75) is 38.1 Å². The third-order valence-electron chi connectivity index (χ3n) is 4.31. The molecule has 0 aromatic heterocycles. The van der Waals surface area contributed by atoms with Crippen molar-refractivity contribution in [1.29, 1.82) is 0 Å². The van der Waals surface area contributed by atoms with Crippen molar-refractivity contribution in [2.75, 3.05) is 6.54 Å². The van der Waals surface area contributed by atoms with Crippen LogP contribution in [0.3, 0.4) is 0 Å². The molecule has 1 heterocycles. The molecule has 170 valence electrons. The highest BCUT2D eigenvalue weighted by atomic mass is 79.9. The molecule has 1 aromatic carbocycles. The van der Waals surface area contributed by atoms with Crippen molar-refractivity contribution in [3.63, 3.8) is 0 Å². The van der Waals surface area contributed by atoms with Crippen molar-refractivity contribution in [2.24, 2.45) is 10.7 Å². The van der Waals surface area contributed by atoms with Crippen LogP contribution in [0.4, 0.5) is 13.2 Å². The molecule has 1 aliphatic rings. The maximum absolute atomic E-state index is 13.6. The molecule has 13 heteroatoms. The second-order valence-corrected chi connectivity index (χ2v) is 7.58. The zero-order valence-corrected chi connectivity index (χ0v) is 17.7. The summed E-state index contributed by atoms with van der Waals surface area (Å²) in [4.78, 5) is 27.7. The van der Waals surface area contributed by atoms with Crippen molar-refractivity contribution < 1.29 is 37.8 Å². The van der Waals surface area contributed by atoms with Crippen LogP contribution in [0.1, 0.15) is 24.0 Å². The fourth-order valence-corrected chi connectivity index (χ4v) is 3.50. The number of hydroxylamine groups is 1. The summed E-state index contributed by atoms with van der Waals surface area (Å²) in [6.45, 7) is 1.59. The van der Waals surface area contributed by atoms with Gasteiger partial charge in [0.05, 0.1) is 5.57 Å². The number of aryl methyl sites for hydroxylation is 1. The first-order chi connectivity index (χ1) is 14.4. The molecule has 0 saturated heterocycles. The Kier molecular flexibility index (Phi) is 7.90. The molecule has 6 N–H and O–H groups in total. The van der Waals surface area contributed by atoms with Crippen molar-refractivity contribution in [1.82, 2.24) is 10.8 Å². The van der Waals surface area contributed by atoms with Crippen LogP contribution in [0.25, 0.3) is 6.08 Å². The summed E-state index contributed by atoms with van der Waals surface area (Å²) >= 11 is 3.24. The van der Waals surface area contributed by atoms with Gasteiger partial charge < -0.3 is 20.9 Å². The molecule has 2 atom stereocenters. The highest BCUT2D eigenvalue weighted by Crippen LogP contribution is 2.40. The number of aliphatic carboxylic acids is 1. The number of hydrogen-bond acceptors (Lipinski definition) is 5. The Hall–Kier alpha value is -2.80. The Bertz CT molecular complexity index is 920. The van der Waals surface area contributed by atoms with Gasteiger partial charge in [-0.3, -0.25) is 15.0 Å². The Labute approximate surface area is 183 Å². The smallest absolute Gasteiger partial charge is 0.429 e. The van der Waals surface area contributed by atoms with Gasteiger partial charge in [0, 0.05) is 16.6 Å². The van der Waals surface area contributed by atoms with Crippen LogP contribution in [0, 0.1) is 6.92 Å². The third-order valence-corrected chi connectivity index (χ3v) is 4.77. The van der Waals surface area contributed by atoms with Gasteiger partial charge >= 0.3 is 12.1 Å². The number of fused-ring (bicyclic) bond motifs is 1. The number of alkyl halides is 3. The minimum absolute atomic E-state index is 0.00944. The van der Waals surface area contributed by atoms with Gasteiger partial charge in [-0.1, -0.05) is 15.9 Å². The van der Waals surface area contributed by atoms with Gasteiger partial charge in [-0.15, -0.1) is 0 Å². The van der Waals surface area contributed by atoms with Crippen LogP contribution < -0.4 is 21.3 Å². The number of aliphatic imine (C=N–C) groups is 1. The number of rotatable bonds is 7. The van der Waals surface area contributed by atoms with E-state index in [-0.39, 0.29) is 36.7 Å². The first-order valence-electron chi connectivity index (χ1n) is 8.92. The highest BCUT2D eigenvalue weighted by Gasteiger charge is 2.48. The van der Waals surface area contributed by atoms with Gasteiger partial charge in [0.25, 0.3) is 5.91 Å². The Morgan fingerprint density at radius 3 is 2.65 bits per heavy atom. The minimum atomic E-state index is -4.90. The molecule has 31 heavy (non-hydrogen) atoms. The molecular formula is C18H20BrF3N4O5. The summed E-state index contributed by atoms with van der Waals surface area (Å²) in [5.74, 6) is -2.93. The van der Waals surface area contributed by atoms with E-state index in [2.05, 4.69) is 26.2 Å². The lowest BCUT2D eigenvalue weighted by Crippen LogP contribution is -2.47. The van der Waals surface area contributed by atoms with E-state index >= 15 is 0 Å². The van der Waals surface area contributed by atoms with Gasteiger partial charge in [-0.25, -0.2) is 10.3 Å². The average Bonchev–Trinajstić information content (AvgIpc) is 2.67. The standard InChI is InChI=1S/C18H20BrF3N4O5/c1-8-5-10(19)6-9-7-11(14(18(20,21)22)31-13(8)9)15(27)25-12(16(28)29)3-2-4-24-17(23)26-30/h5-7,12,14,30H,2-4H2,1H3,(H,25,27)(H,28,29)(H3,23,24,26)/t12-,14-/m0/s1. The van der Waals surface area contributed by atoms with Crippen LogP contribution in [-0.4, -0.2) is 53.0 Å². The van der Waals surface area contributed by atoms with Gasteiger partial charge in [0.2, 0.25) is 12.1 Å². The van der Waals surface area contributed by atoms with Crippen molar-refractivity contribution in [3.8, 4) is 5.75 Å². The maximum Gasteiger partial charge on any atom is 0.429 e.